The highest BCUT2D eigenvalue weighted by atomic mass is 15.2. The van der Waals surface area contributed by atoms with E-state index < -0.39 is 0 Å². The molecule has 0 bridgehead atoms. The van der Waals surface area contributed by atoms with Crippen LogP contribution in [0, 0.1) is 0 Å². The molecule has 4 rings (SSSR count). The molecule has 2 aromatic heterocycles. The van der Waals surface area contributed by atoms with Crippen molar-refractivity contribution in [3.05, 3.63) is 54.4 Å². The minimum atomic E-state index is 0.678. The molecule has 1 aliphatic carbocycles. The van der Waals surface area contributed by atoms with Crippen LogP contribution < -0.4 is 5.73 Å². The van der Waals surface area contributed by atoms with Crippen molar-refractivity contribution < 1.29 is 0 Å². The number of hydrogen-bond acceptors (Lipinski definition) is 3. The molecule has 0 saturated heterocycles. The highest BCUT2D eigenvalue weighted by Gasteiger charge is 2.21. The summed E-state index contributed by atoms with van der Waals surface area (Å²) in [4.78, 5) is 7.41. The molecule has 0 spiro atoms. The normalized spacial score (nSPS) is 15.9. The van der Waals surface area contributed by atoms with Crippen LogP contribution in [0.1, 0.15) is 37.8 Å². The van der Waals surface area contributed by atoms with Gasteiger partial charge in [0.05, 0.1) is 11.4 Å². The van der Waals surface area contributed by atoms with E-state index in [4.69, 9.17) is 10.7 Å². The predicted octanol–water partition coefficient (Wildman–Crippen LogP) is 4.35. The number of nitrogens with zero attached hydrogens (tertiary/aromatic N) is 3. The zero-order valence-electron chi connectivity index (χ0n) is 14.9. The van der Waals surface area contributed by atoms with Crippen LogP contribution in [-0.4, -0.2) is 27.4 Å². The van der Waals surface area contributed by atoms with Crippen molar-refractivity contribution in [2.24, 2.45) is 0 Å². The molecule has 0 amide bonds. The highest BCUT2D eigenvalue weighted by molar-refractivity contribution is 5.69. The summed E-state index contributed by atoms with van der Waals surface area (Å²) in [6.45, 7) is 0.903. The number of imidazole rings is 1. The van der Waals surface area contributed by atoms with Gasteiger partial charge in [-0.15, -0.1) is 0 Å². The first kappa shape index (κ1) is 16.2. The Hall–Kier alpha value is -2.33. The minimum absolute atomic E-state index is 0.678. The number of fused-ring (bicyclic) bond motifs is 1. The maximum atomic E-state index is 6.01. The molecule has 0 radical (unpaired) electrons. The number of nitrogen functional groups attached to an aromatic ring is 1. The SMILES string of the molecule is CN(Cc1c(-c2cccc(N)c2)nc2ccccn12)C1CCCCC1. The quantitative estimate of drug-likeness (QED) is 0.722. The smallest absolute Gasteiger partial charge is 0.137 e. The van der Waals surface area contributed by atoms with Crippen LogP contribution in [0.4, 0.5) is 5.69 Å². The second-order valence-electron chi connectivity index (χ2n) is 7.17. The number of hydrogen-bond donors (Lipinski definition) is 1. The number of benzene rings is 1. The molecule has 25 heavy (non-hydrogen) atoms. The summed E-state index contributed by atoms with van der Waals surface area (Å²) in [7, 11) is 2.25. The van der Waals surface area contributed by atoms with E-state index >= 15 is 0 Å². The molecule has 3 aromatic rings. The lowest BCUT2D eigenvalue weighted by molar-refractivity contribution is 0.182. The third-order valence-electron chi connectivity index (χ3n) is 5.39. The van der Waals surface area contributed by atoms with E-state index in [2.05, 4.69) is 40.7 Å². The number of rotatable bonds is 4. The molecule has 2 heterocycles. The third-order valence-corrected chi connectivity index (χ3v) is 5.39. The largest absolute Gasteiger partial charge is 0.399 e. The highest BCUT2D eigenvalue weighted by Crippen LogP contribution is 2.29. The van der Waals surface area contributed by atoms with Gasteiger partial charge in [0.2, 0.25) is 0 Å². The number of aromatic nitrogens is 2. The van der Waals surface area contributed by atoms with Gasteiger partial charge in [-0.1, -0.05) is 37.5 Å². The van der Waals surface area contributed by atoms with Crippen LogP contribution in [-0.2, 0) is 6.54 Å². The van der Waals surface area contributed by atoms with Gasteiger partial charge in [0, 0.05) is 30.0 Å². The number of anilines is 1. The Morgan fingerprint density at radius 1 is 1.12 bits per heavy atom. The van der Waals surface area contributed by atoms with Gasteiger partial charge in [-0.25, -0.2) is 4.98 Å². The van der Waals surface area contributed by atoms with E-state index in [0.717, 1.165) is 29.1 Å². The zero-order valence-corrected chi connectivity index (χ0v) is 14.9. The van der Waals surface area contributed by atoms with Crippen molar-refractivity contribution in [2.45, 2.75) is 44.7 Å². The number of nitrogens with two attached hydrogens (primary N) is 1. The Kier molecular flexibility index (Phi) is 4.45. The van der Waals surface area contributed by atoms with Crippen molar-refractivity contribution in [1.29, 1.82) is 0 Å². The summed E-state index contributed by atoms with van der Waals surface area (Å²) in [6, 6.07) is 14.9. The van der Waals surface area contributed by atoms with E-state index in [9.17, 15) is 0 Å². The van der Waals surface area contributed by atoms with Crippen LogP contribution >= 0.6 is 0 Å². The Labute approximate surface area is 149 Å². The Bertz CT molecular complexity index is 861. The molecule has 4 nitrogen and oxygen atoms in total. The molecule has 1 saturated carbocycles. The van der Waals surface area contributed by atoms with Crippen LogP contribution in [0.25, 0.3) is 16.9 Å². The summed E-state index contributed by atoms with van der Waals surface area (Å²) in [6.07, 6.45) is 8.81. The lowest BCUT2D eigenvalue weighted by Gasteiger charge is -2.31. The van der Waals surface area contributed by atoms with Gasteiger partial charge < -0.3 is 10.1 Å². The van der Waals surface area contributed by atoms with Crippen molar-refractivity contribution in [1.82, 2.24) is 14.3 Å². The summed E-state index contributed by atoms with van der Waals surface area (Å²) >= 11 is 0. The monoisotopic (exact) mass is 334 g/mol. The topological polar surface area (TPSA) is 46.6 Å². The van der Waals surface area contributed by atoms with E-state index in [0.29, 0.717) is 6.04 Å². The van der Waals surface area contributed by atoms with Crippen LogP contribution in [0.3, 0.4) is 0 Å². The van der Waals surface area contributed by atoms with Crippen molar-refractivity contribution in [3.8, 4) is 11.3 Å². The van der Waals surface area contributed by atoms with Crippen molar-refractivity contribution in [3.63, 3.8) is 0 Å². The predicted molar refractivity (Wildman–Crippen MR) is 103 cm³/mol. The molecular weight excluding hydrogens is 308 g/mol. The molecular formula is C21H26N4. The molecule has 0 atom stereocenters. The Morgan fingerprint density at radius 3 is 2.76 bits per heavy atom. The van der Waals surface area contributed by atoms with Gasteiger partial charge in [-0.2, -0.15) is 0 Å². The average Bonchev–Trinajstić information content (AvgIpc) is 3.01. The third kappa shape index (κ3) is 3.27. The van der Waals surface area contributed by atoms with Crippen molar-refractivity contribution in [2.75, 3.05) is 12.8 Å². The van der Waals surface area contributed by atoms with Gasteiger partial charge in [-0.3, -0.25) is 4.90 Å². The summed E-state index contributed by atoms with van der Waals surface area (Å²) in [5.74, 6) is 0. The molecule has 4 heteroatoms. The molecule has 0 unspecified atom stereocenters. The van der Waals surface area contributed by atoms with Crippen LogP contribution in [0.5, 0.6) is 0 Å². The van der Waals surface area contributed by atoms with Crippen LogP contribution in [0.15, 0.2) is 48.7 Å². The molecule has 1 aromatic carbocycles. The molecule has 1 aliphatic rings. The van der Waals surface area contributed by atoms with Gasteiger partial charge >= 0.3 is 0 Å². The van der Waals surface area contributed by atoms with Gasteiger partial charge in [0.25, 0.3) is 0 Å². The summed E-state index contributed by atoms with van der Waals surface area (Å²) < 4.78 is 2.22. The minimum Gasteiger partial charge on any atom is -0.399 e. The Morgan fingerprint density at radius 2 is 1.96 bits per heavy atom. The lowest BCUT2D eigenvalue weighted by Crippen LogP contribution is -2.33. The van der Waals surface area contributed by atoms with E-state index in [1.165, 1.54) is 37.8 Å². The fraction of sp³-hybridized carbons (Fsp3) is 0.381. The average molecular weight is 334 g/mol. The van der Waals surface area contributed by atoms with E-state index in [1.54, 1.807) is 0 Å². The fourth-order valence-corrected chi connectivity index (χ4v) is 4.00. The maximum absolute atomic E-state index is 6.01. The second kappa shape index (κ2) is 6.89. The summed E-state index contributed by atoms with van der Waals surface area (Å²) in [5.41, 5.74) is 11.2. The first-order chi connectivity index (χ1) is 12.2. The van der Waals surface area contributed by atoms with Gasteiger partial charge in [0.15, 0.2) is 0 Å². The van der Waals surface area contributed by atoms with Gasteiger partial charge in [0.1, 0.15) is 5.65 Å². The number of pyridine rings is 1. The lowest BCUT2D eigenvalue weighted by atomic mass is 9.94. The van der Waals surface area contributed by atoms with Gasteiger partial charge in [-0.05, 0) is 44.2 Å². The molecule has 1 fully saturated rings. The fourth-order valence-electron chi connectivity index (χ4n) is 4.00. The van der Waals surface area contributed by atoms with E-state index in [-0.39, 0.29) is 0 Å². The van der Waals surface area contributed by atoms with Crippen LogP contribution in [0.2, 0.25) is 0 Å². The van der Waals surface area contributed by atoms with E-state index in [1.807, 2.05) is 24.3 Å². The molecule has 0 aliphatic heterocycles. The standard InChI is InChI=1S/C21H26N4/c1-24(18-10-3-2-4-11-18)15-19-21(16-8-7-9-17(22)14-16)23-20-12-5-6-13-25(19)20/h5-9,12-14,18H,2-4,10-11,15,22H2,1H3. The molecule has 2 N–H and O–H groups in total. The first-order valence-electron chi connectivity index (χ1n) is 9.24. The Balaban J connectivity index is 1.74. The second-order valence-corrected chi connectivity index (χ2v) is 7.17. The maximum Gasteiger partial charge on any atom is 0.137 e. The first-order valence-corrected chi connectivity index (χ1v) is 9.24. The summed E-state index contributed by atoms with van der Waals surface area (Å²) in [5, 5.41) is 0. The van der Waals surface area contributed by atoms with Crippen molar-refractivity contribution >= 4 is 11.3 Å². The molecule has 130 valence electrons. The zero-order chi connectivity index (χ0) is 17.2.